The molecule has 6 heteroatoms. The van der Waals surface area contributed by atoms with E-state index in [0.717, 1.165) is 33.2 Å². The summed E-state index contributed by atoms with van der Waals surface area (Å²) in [5.74, 6) is 1.49. The van der Waals surface area contributed by atoms with Gasteiger partial charge in [-0.1, -0.05) is 38.5 Å². The number of hydrogen-bond acceptors (Lipinski definition) is 5. The van der Waals surface area contributed by atoms with Crippen molar-refractivity contribution in [3.05, 3.63) is 92.1 Å². The van der Waals surface area contributed by atoms with Gasteiger partial charge >= 0.3 is 0 Å². The molecule has 4 rings (SSSR count). The average Bonchev–Trinajstić information content (AvgIpc) is 2.78. The van der Waals surface area contributed by atoms with Gasteiger partial charge in [-0.3, -0.25) is 4.79 Å². The Balaban J connectivity index is 1.85. The minimum absolute atomic E-state index is 0.0503. The molecule has 0 bridgehead atoms. The SMILES string of the molecule is C=CC(=O)N1CC(c2nc(N(C=C)C=C)c3cc(-c4cc(O)cc(C)c4C=C)ccc3n2)C1. The van der Waals surface area contributed by atoms with Crippen LogP contribution in [-0.4, -0.2) is 39.0 Å². The zero-order valence-electron chi connectivity index (χ0n) is 18.7. The Morgan fingerprint density at radius 1 is 1.12 bits per heavy atom. The third-order valence-electron chi connectivity index (χ3n) is 5.95. The van der Waals surface area contributed by atoms with Gasteiger partial charge in [0.2, 0.25) is 5.91 Å². The number of aryl methyl sites for hydroxylation is 1. The lowest BCUT2D eigenvalue weighted by Gasteiger charge is -2.37. The highest BCUT2D eigenvalue weighted by atomic mass is 16.3. The Hall–Kier alpha value is -4.19. The predicted octanol–water partition coefficient (Wildman–Crippen LogP) is 5.16. The van der Waals surface area contributed by atoms with Crippen LogP contribution >= 0.6 is 0 Å². The zero-order valence-corrected chi connectivity index (χ0v) is 18.7. The summed E-state index contributed by atoms with van der Waals surface area (Å²) >= 11 is 0. The highest BCUT2D eigenvalue weighted by Gasteiger charge is 2.33. The fourth-order valence-corrected chi connectivity index (χ4v) is 4.16. The highest BCUT2D eigenvalue weighted by molar-refractivity contribution is 5.95. The van der Waals surface area contributed by atoms with E-state index in [2.05, 4.69) is 26.3 Å². The van der Waals surface area contributed by atoms with E-state index in [0.29, 0.717) is 24.7 Å². The lowest BCUT2D eigenvalue weighted by atomic mass is 9.94. The number of benzene rings is 2. The van der Waals surface area contributed by atoms with Crippen molar-refractivity contribution in [2.24, 2.45) is 0 Å². The molecule has 3 aromatic rings. The maximum Gasteiger partial charge on any atom is 0.246 e. The van der Waals surface area contributed by atoms with E-state index < -0.39 is 0 Å². The van der Waals surface area contributed by atoms with E-state index in [1.54, 1.807) is 40.4 Å². The van der Waals surface area contributed by atoms with Crippen molar-refractivity contribution in [2.75, 3.05) is 18.0 Å². The number of amides is 1. The number of phenolic OH excluding ortho intramolecular Hbond substituents is 1. The number of hydrogen-bond donors (Lipinski definition) is 1. The van der Waals surface area contributed by atoms with Crippen molar-refractivity contribution in [2.45, 2.75) is 12.8 Å². The molecule has 1 amide bonds. The molecule has 166 valence electrons. The van der Waals surface area contributed by atoms with Crippen LogP contribution in [0, 0.1) is 6.92 Å². The van der Waals surface area contributed by atoms with E-state index in [4.69, 9.17) is 9.97 Å². The predicted molar refractivity (Wildman–Crippen MR) is 134 cm³/mol. The molecule has 0 radical (unpaired) electrons. The first-order chi connectivity index (χ1) is 15.9. The summed E-state index contributed by atoms with van der Waals surface area (Å²) in [6.07, 6.45) is 6.41. The number of rotatable bonds is 7. The van der Waals surface area contributed by atoms with Crippen LogP contribution < -0.4 is 4.90 Å². The fraction of sp³-hybridized carbons (Fsp3) is 0.148. The Labute approximate surface area is 193 Å². The molecule has 1 fully saturated rings. The van der Waals surface area contributed by atoms with Crippen molar-refractivity contribution >= 4 is 28.7 Å². The second-order valence-corrected chi connectivity index (χ2v) is 7.98. The summed E-state index contributed by atoms with van der Waals surface area (Å²) in [5, 5.41) is 11.0. The molecule has 1 N–H and O–H groups in total. The molecule has 1 aromatic heterocycles. The van der Waals surface area contributed by atoms with Crippen LogP contribution in [0.4, 0.5) is 5.82 Å². The Kier molecular flexibility index (Phi) is 5.84. The van der Waals surface area contributed by atoms with Gasteiger partial charge in [-0.05, 0) is 59.5 Å². The van der Waals surface area contributed by atoms with Gasteiger partial charge in [0.15, 0.2) is 0 Å². The first-order valence-electron chi connectivity index (χ1n) is 10.6. The molecule has 0 spiro atoms. The number of aromatic hydroxyl groups is 1. The lowest BCUT2D eigenvalue weighted by molar-refractivity contribution is -0.130. The number of nitrogens with zero attached hydrogens (tertiary/aromatic N) is 4. The minimum atomic E-state index is -0.0878. The quantitative estimate of drug-likeness (QED) is 0.516. The molecule has 1 saturated heterocycles. The Bertz CT molecular complexity index is 1300. The monoisotopic (exact) mass is 438 g/mol. The third-order valence-corrected chi connectivity index (χ3v) is 5.95. The van der Waals surface area contributed by atoms with Crippen LogP contribution in [0.5, 0.6) is 5.75 Å². The van der Waals surface area contributed by atoms with Crippen LogP contribution in [0.25, 0.3) is 28.1 Å². The molecular formula is C27H26N4O2. The number of anilines is 1. The second-order valence-electron chi connectivity index (χ2n) is 7.98. The van der Waals surface area contributed by atoms with Gasteiger partial charge in [0.05, 0.1) is 11.4 Å². The molecule has 0 saturated carbocycles. The molecule has 2 heterocycles. The number of carbonyl (C=O) groups excluding carboxylic acids is 1. The molecule has 1 aliphatic rings. The van der Waals surface area contributed by atoms with E-state index in [1.807, 2.05) is 25.1 Å². The minimum Gasteiger partial charge on any atom is -0.508 e. The molecule has 0 atom stereocenters. The number of phenols is 1. The van der Waals surface area contributed by atoms with Gasteiger partial charge in [-0.25, -0.2) is 9.97 Å². The van der Waals surface area contributed by atoms with E-state index in [-0.39, 0.29) is 17.6 Å². The number of carbonyl (C=O) groups is 1. The van der Waals surface area contributed by atoms with Gasteiger partial charge in [-0.15, -0.1) is 0 Å². The maximum atomic E-state index is 11.8. The van der Waals surface area contributed by atoms with Crippen LogP contribution in [-0.2, 0) is 4.79 Å². The third kappa shape index (κ3) is 3.91. The van der Waals surface area contributed by atoms with Gasteiger partial charge in [-0.2, -0.15) is 0 Å². The smallest absolute Gasteiger partial charge is 0.246 e. The van der Waals surface area contributed by atoms with Gasteiger partial charge in [0, 0.05) is 30.9 Å². The molecule has 6 nitrogen and oxygen atoms in total. The summed E-state index contributed by atoms with van der Waals surface area (Å²) in [6.45, 7) is 18.3. The van der Waals surface area contributed by atoms with Crippen LogP contribution in [0.1, 0.15) is 22.9 Å². The largest absolute Gasteiger partial charge is 0.508 e. The second kappa shape index (κ2) is 8.74. The van der Waals surface area contributed by atoms with Crippen molar-refractivity contribution < 1.29 is 9.90 Å². The Morgan fingerprint density at radius 3 is 2.48 bits per heavy atom. The van der Waals surface area contributed by atoms with E-state index >= 15 is 0 Å². The molecule has 0 unspecified atom stereocenters. The average molecular weight is 439 g/mol. The lowest BCUT2D eigenvalue weighted by Crippen LogP contribution is -2.48. The highest BCUT2D eigenvalue weighted by Crippen LogP contribution is 2.36. The Morgan fingerprint density at radius 2 is 1.85 bits per heavy atom. The molecule has 2 aromatic carbocycles. The van der Waals surface area contributed by atoms with Crippen molar-refractivity contribution in [3.63, 3.8) is 0 Å². The summed E-state index contributed by atoms with van der Waals surface area (Å²) in [5.41, 5.74) is 4.46. The van der Waals surface area contributed by atoms with E-state index in [1.165, 1.54) is 6.08 Å². The van der Waals surface area contributed by atoms with Gasteiger partial charge < -0.3 is 14.9 Å². The number of likely N-dealkylation sites (tertiary alicyclic amines) is 1. The maximum absolute atomic E-state index is 11.8. The van der Waals surface area contributed by atoms with Crippen molar-refractivity contribution in [1.82, 2.24) is 14.9 Å². The zero-order chi connectivity index (χ0) is 23.7. The summed E-state index contributed by atoms with van der Waals surface area (Å²) in [4.78, 5) is 24.9. The van der Waals surface area contributed by atoms with Crippen molar-refractivity contribution in [1.29, 1.82) is 0 Å². The van der Waals surface area contributed by atoms with Gasteiger partial charge in [0.25, 0.3) is 0 Å². The first-order valence-corrected chi connectivity index (χ1v) is 10.6. The van der Waals surface area contributed by atoms with Crippen LogP contribution in [0.2, 0.25) is 0 Å². The molecule has 1 aliphatic heterocycles. The molecular weight excluding hydrogens is 412 g/mol. The molecule has 33 heavy (non-hydrogen) atoms. The normalized spacial score (nSPS) is 13.3. The number of fused-ring (bicyclic) bond motifs is 1. The first kappa shape index (κ1) is 22.0. The van der Waals surface area contributed by atoms with Gasteiger partial charge in [0.1, 0.15) is 17.4 Å². The summed E-state index contributed by atoms with van der Waals surface area (Å²) < 4.78 is 0. The fourth-order valence-electron chi connectivity index (χ4n) is 4.16. The topological polar surface area (TPSA) is 69.6 Å². The summed E-state index contributed by atoms with van der Waals surface area (Å²) in [6, 6.07) is 9.38. The summed E-state index contributed by atoms with van der Waals surface area (Å²) in [7, 11) is 0. The van der Waals surface area contributed by atoms with E-state index in [9.17, 15) is 9.90 Å². The van der Waals surface area contributed by atoms with Crippen molar-refractivity contribution in [3.8, 4) is 16.9 Å². The molecule has 0 aliphatic carbocycles. The standard InChI is InChI=1S/C27H26N4O2/c1-6-21-17(5)12-20(32)14-22(21)18-10-11-24-23(13-18)27(30(8-3)9-4)29-26(28-24)19-15-31(16-19)25(33)7-2/h6-14,19,32H,1-4,15-16H2,5H3. The number of aromatic nitrogens is 2. The van der Waals surface area contributed by atoms with Crippen LogP contribution in [0.3, 0.4) is 0 Å². The van der Waals surface area contributed by atoms with Crippen LogP contribution in [0.15, 0.2) is 75.1 Å².